The van der Waals surface area contributed by atoms with Gasteiger partial charge in [0.05, 0.1) is 24.2 Å². The molecule has 2 aromatic heterocycles. The fourth-order valence-electron chi connectivity index (χ4n) is 2.91. The van der Waals surface area contributed by atoms with Crippen LogP contribution in [-0.4, -0.2) is 40.3 Å². The third-order valence-electron chi connectivity index (χ3n) is 4.12. The van der Waals surface area contributed by atoms with E-state index in [1.54, 1.807) is 17.1 Å². The number of hydrogen-bond donors (Lipinski definition) is 2. The van der Waals surface area contributed by atoms with E-state index < -0.39 is 0 Å². The van der Waals surface area contributed by atoms with Crippen LogP contribution in [0, 0.1) is 0 Å². The van der Waals surface area contributed by atoms with Crippen LogP contribution in [0.25, 0.3) is 0 Å². The van der Waals surface area contributed by atoms with Crippen molar-refractivity contribution in [3.63, 3.8) is 0 Å². The van der Waals surface area contributed by atoms with E-state index in [-0.39, 0.29) is 12.1 Å². The molecule has 0 aromatic carbocycles. The van der Waals surface area contributed by atoms with E-state index >= 15 is 0 Å². The number of carbonyl (C=O) groups excluding carboxylic acids is 1. The quantitative estimate of drug-likeness (QED) is 0.858. The van der Waals surface area contributed by atoms with Crippen LogP contribution in [-0.2, 0) is 6.54 Å². The van der Waals surface area contributed by atoms with Crippen molar-refractivity contribution in [1.82, 2.24) is 20.0 Å². The monoisotopic (exact) mass is 317 g/mol. The minimum Gasteiger partial charge on any atom is -0.468 e. The van der Waals surface area contributed by atoms with E-state index in [0.717, 1.165) is 25.4 Å². The Hall–Kier alpha value is -2.28. The number of likely N-dealkylation sites (tertiary alicyclic amines) is 1. The molecule has 0 spiro atoms. The second-order valence-corrected chi connectivity index (χ2v) is 5.69. The summed E-state index contributed by atoms with van der Waals surface area (Å²) in [5.74, 6) is 0.894. The van der Waals surface area contributed by atoms with Crippen molar-refractivity contribution in [2.75, 3.05) is 25.0 Å². The van der Waals surface area contributed by atoms with E-state index in [1.807, 2.05) is 25.3 Å². The number of carbonyl (C=O) groups is 1. The van der Waals surface area contributed by atoms with Gasteiger partial charge >= 0.3 is 6.03 Å². The molecule has 2 amide bonds. The van der Waals surface area contributed by atoms with E-state index in [2.05, 4.69) is 20.6 Å². The van der Waals surface area contributed by atoms with Crippen LogP contribution < -0.4 is 10.6 Å². The van der Waals surface area contributed by atoms with E-state index in [4.69, 9.17) is 4.42 Å². The summed E-state index contributed by atoms with van der Waals surface area (Å²) in [5, 5.41) is 9.88. The van der Waals surface area contributed by atoms with Crippen molar-refractivity contribution in [2.45, 2.75) is 32.4 Å². The van der Waals surface area contributed by atoms with Gasteiger partial charge < -0.3 is 15.1 Å². The lowest BCUT2D eigenvalue weighted by Gasteiger charge is -2.25. The second kappa shape index (κ2) is 7.32. The SMILES string of the molecule is CCn1cc(NC(=O)NC[C@H](c2ccco2)N2CCCC2)cn1. The first-order chi connectivity index (χ1) is 11.3. The average Bonchev–Trinajstić information content (AvgIpc) is 3.30. The van der Waals surface area contributed by atoms with Crippen molar-refractivity contribution < 1.29 is 9.21 Å². The lowest BCUT2D eigenvalue weighted by atomic mass is 10.2. The molecule has 0 saturated carbocycles. The van der Waals surface area contributed by atoms with Gasteiger partial charge in [-0.1, -0.05) is 0 Å². The highest BCUT2D eigenvalue weighted by Gasteiger charge is 2.25. The molecule has 23 heavy (non-hydrogen) atoms. The minimum absolute atomic E-state index is 0.0802. The molecule has 0 aliphatic carbocycles. The highest BCUT2D eigenvalue weighted by Crippen LogP contribution is 2.24. The zero-order chi connectivity index (χ0) is 16.1. The summed E-state index contributed by atoms with van der Waals surface area (Å²) in [6.45, 7) is 5.37. The molecular formula is C16H23N5O2. The molecule has 2 aromatic rings. The van der Waals surface area contributed by atoms with Crippen molar-refractivity contribution in [1.29, 1.82) is 0 Å². The molecule has 124 valence electrons. The Balaban J connectivity index is 1.56. The van der Waals surface area contributed by atoms with Gasteiger partial charge in [-0.05, 0) is 45.0 Å². The second-order valence-electron chi connectivity index (χ2n) is 5.69. The zero-order valence-electron chi connectivity index (χ0n) is 13.4. The van der Waals surface area contributed by atoms with Crippen molar-refractivity contribution >= 4 is 11.7 Å². The molecule has 1 aliphatic rings. The summed E-state index contributed by atoms with van der Waals surface area (Å²) >= 11 is 0. The highest BCUT2D eigenvalue weighted by atomic mass is 16.3. The molecule has 0 bridgehead atoms. The fourth-order valence-corrected chi connectivity index (χ4v) is 2.91. The Morgan fingerprint density at radius 3 is 2.91 bits per heavy atom. The molecule has 3 heterocycles. The first-order valence-electron chi connectivity index (χ1n) is 8.11. The molecule has 0 unspecified atom stereocenters. The maximum atomic E-state index is 12.1. The van der Waals surface area contributed by atoms with Gasteiger partial charge in [-0.15, -0.1) is 0 Å². The number of anilines is 1. The molecule has 1 atom stereocenters. The number of rotatable bonds is 6. The molecule has 1 saturated heterocycles. The summed E-state index contributed by atoms with van der Waals surface area (Å²) < 4.78 is 7.32. The lowest BCUT2D eigenvalue weighted by molar-refractivity contribution is 0.207. The van der Waals surface area contributed by atoms with Crippen LogP contribution in [0.3, 0.4) is 0 Å². The average molecular weight is 317 g/mol. The zero-order valence-corrected chi connectivity index (χ0v) is 13.4. The largest absolute Gasteiger partial charge is 0.468 e. The summed E-state index contributed by atoms with van der Waals surface area (Å²) in [6, 6.07) is 3.71. The molecule has 2 N–H and O–H groups in total. The fraction of sp³-hybridized carbons (Fsp3) is 0.500. The summed E-state index contributed by atoms with van der Waals surface area (Å²) in [6.07, 6.45) is 7.52. The highest BCUT2D eigenvalue weighted by molar-refractivity contribution is 5.88. The van der Waals surface area contributed by atoms with Gasteiger partial charge in [0, 0.05) is 19.3 Å². The van der Waals surface area contributed by atoms with Crippen LogP contribution in [0.4, 0.5) is 10.5 Å². The first-order valence-corrected chi connectivity index (χ1v) is 8.11. The molecule has 7 heteroatoms. The van der Waals surface area contributed by atoms with Crippen molar-refractivity contribution in [2.24, 2.45) is 0 Å². The number of aryl methyl sites for hydroxylation is 1. The van der Waals surface area contributed by atoms with Crippen LogP contribution in [0.5, 0.6) is 0 Å². The number of nitrogens with zero attached hydrogens (tertiary/aromatic N) is 3. The predicted molar refractivity (Wildman–Crippen MR) is 87.2 cm³/mol. The number of amides is 2. The Morgan fingerprint density at radius 1 is 1.43 bits per heavy atom. The predicted octanol–water partition coefficient (Wildman–Crippen LogP) is 2.45. The maximum absolute atomic E-state index is 12.1. The van der Waals surface area contributed by atoms with Crippen molar-refractivity contribution in [3.8, 4) is 0 Å². The van der Waals surface area contributed by atoms with Gasteiger partial charge in [0.1, 0.15) is 5.76 Å². The number of urea groups is 1. The Labute approximate surface area is 135 Å². The molecule has 3 rings (SSSR count). The summed E-state index contributed by atoms with van der Waals surface area (Å²) in [7, 11) is 0. The normalized spacial score (nSPS) is 16.4. The van der Waals surface area contributed by atoms with Crippen LogP contribution in [0.1, 0.15) is 31.6 Å². The molecule has 7 nitrogen and oxygen atoms in total. The molecule has 1 aliphatic heterocycles. The third-order valence-corrected chi connectivity index (χ3v) is 4.12. The number of aromatic nitrogens is 2. The van der Waals surface area contributed by atoms with Gasteiger partial charge in [0.25, 0.3) is 0 Å². The third kappa shape index (κ3) is 3.92. The number of furan rings is 1. The summed E-state index contributed by atoms with van der Waals surface area (Å²) in [4.78, 5) is 14.4. The molecular weight excluding hydrogens is 294 g/mol. The van der Waals surface area contributed by atoms with E-state index in [1.165, 1.54) is 12.8 Å². The Bertz CT molecular complexity index is 616. The van der Waals surface area contributed by atoms with Crippen LogP contribution in [0.2, 0.25) is 0 Å². The smallest absolute Gasteiger partial charge is 0.319 e. The van der Waals surface area contributed by atoms with Gasteiger partial charge in [0.15, 0.2) is 0 Å². The first kappa shape index (κ1) is 15.6. The van der Waals surface area contributed by atoms with Gasteiger partial charge in [-0.3, -0.25) is 9.58 Å². The van der Waals surface area contributed by atoms with Gasteiger partial charge in [-0.25, -0.2) is 4.79 Å². The van der Waals surface area contributed by atoms with E-state index in [0.29, 0.717) is 12.2 Å². The van der Waals surface area contributed by atoms with Gasteiger partial charge in [0.2, 0.25) is 0 Å². The summed E-state index contributed by atoms with van der Waals surface area (Å²) in [5.41, 5.74) is 0.695. The van der Waals surface area contributed by atoms with Crippen LogP contribution in [0.15, 0.2) is 35.2 Å². The Morgan fingerprint density at radius 2 is 2.26 bits per heavy atom. The lowest BCUT2D eigenvalue weighted by Crippen LogP contribution is -2.38. The minimum atomic E-state index is -0.226. The Kier molecular flexibility index (Phi) is 4.97. The van der Waals surface area contributed by atoms with Gasteiger partial charge in [-0.2, -0.15) is 5.10 Å². The van der Waals surface area contributed by atoms with Crippen LogP contribution >= 0.6 is 0 Å². The molecule has 1 fully saturated rings. The van der Waals surface area contributed by atoms with Crippen molar-refractivity contribution in [3.05, 3.63) is 36.5 Å². The maximum Gasteiger partial charge on any atom is 0.319 e. The molecule has 0 radical (unpaired) electrons. The standard InChI is InChI=1S/C16H23N5O2/c1-2-21-12-13(10-18-21)19-16(22)17-11-14(15-6-5-9-23-15)20-7-3-4-8-20/h5-6,9-10,12,14H,2-4,7-8,11H2,1H3,(H2,17,19,22)/t14-/m1/s1. The number of nitrogens with one attached hydrogen (secondary N) is 2. The van der Waals surface area contributed by atoms with E-state index in [9.17, 15) is 4.79 Å². The topological polar surface area (TPSA) is 75.3 Å². The number of hydrogen-bond acceptors (Lipinski definition) is 4.